The number of nitrogens with two attached hydrogens (primary N) is 4. The topological polar surface area (TPSA) is 202 Å². The summed E-state index contributed by atoms with van der Waals surface area (Å²) in [5.41, 5.74) is 24.1. The van der Waals surface area contributed by atoms with Crippen LogP contribution in [0.3, 0.4) is 0 Å². The lowest BCUT2D eigenvalue weighted by molar-refractivity contribution is -0.286. The summed E-state index contributed by atoms with van der Waals surface area (Å²) in [5.74, 6) is 0. The van der Waals surface area contributed by atoms with Crippen LogP contribution in [0.25, 0.3) is 0 Å². The van der Waals surface area contributed by atoms with Crippen LogP contribution in [0, 0.1) is 0 Å². The highest BCUT2D eigenvalue weighted by Crippen LogP contribution is 2.31. The number of rotatable bonds is 5. The fraction of sp³-hybridized carbons (Fsp3) is 1.00. The van der Waals surface area contributed by atoms with E-state index < -0.39 is 61.3 Å². The Balaban J connectivity index is 1.74. The summed E-state index contributed by atoms with van der Waals surface area (Å²) >= 11 is 0. The Labute approximate surface area is 164 Å². The monoisotopic (exact) mass is 406 g/mol. The van der Waals surface area contributed by atoms with Gasteiger partial charge in [0.2, 0.25) is 0 Å². The minimum absolute atomic E-state index is 0.174. The van der Waals surface area contributed by atoms with E-state index in [1.165, 1.54) is 0 Å². The molecule has 2 heterocycles. The summed E-state index contributed by atoms with van der Waals surface area (Å²) in [6.07, 6.45) is -6.27. The van der Waals surface area contributed by atoms with Gasteiger partial charge < -0.3 is 57.2 Å². The summed E-state index contributed by atoms with van der Waals surface area (Å²) in [7, 11) is 0. The quantitative estimate of drug-likeness (QED) is 0.238. The molecular formula is C17H34N4O7. The van der Waals surface area contributed by atoms with Crippen LogP contribution < -0.4 is 22.9 Å². The van der Waals surface area contributed by atoms with Crippen LogP contribution in [-0.2, 0) is 18.9 Å². The zero-order chi connectivity index (χ0) is 20.6. The van der Waals surface area contributed by atoms with Crippen molar-refractivity contribution >= 4 is 0 Å². The number of hydrogen-bond donors (Lipinski definition) is 7. The molecule has 3 rings (SSSR count). The van der Waals surface area contributed by atoms with Crippen LogP contribution in [0.5, 0.6) is 0 Å². The van der Waals surface area contributed by atoms with Gasteiger partial charge in [-0.25, -0.2) is 0 Å². The van der Waals surface area contributed by atoms with E-state index in [2.05, 4.69) is 0 Å². The molecule has 11 N–H and O–H groups in total. The molecule has 11 nitrogen and oxygen atoms in total. The highest BCUT2D eigenvalue weighted by atomic mass is 16.7. The van der Waals surface area contributed by atoms with E-state index in [1.807, 2.05) is 0 Å². The van der Waals surface area contributed by atoms with Gasteiger partial charge in [-0.2, -0.15) is 0 Å². The second-order valence-corrected chi connectivity index (χ2v) is 8.05. The van der Waals surface area contributed by atoms with Gasteiger partial charge in [-0.15, -0.1) is 0 Å². The number of hydrogen-bond acceptors (Lipinski definition) is 11. The summed E-state index contributed by atoms with van der Waals surface area (Å²) in [5, 5.41) is 30.7. The van der Waals surface area contributed by atoms with Crippen molar-refractivity contribution in [1.29, 1.82) is 0 Å². The third kappa shape index (κ3) is 4.50. The smallest absolute Gasteiger partial charge is 0.187 e. The van der Waals surface area contributed by atoms with E-state index in [4.69, 9.17) is 41.9 Å². The molecule has 11 heteroatoms. The van der Waals surface area contributed by atoms with Crippen molar-refractivity contribution in [2.24, 2.45) is 22.9 Å². The predicted octanol–water partition coefficient (Wildman–Crippen LogP) is -3.57. The van der Waals surface area contributed by atoms with E-state index in [0.717, 1.165) is 6.42 Å². The largest absolute Gasteiger partial charge is 0.389 e. The molecule has 12 atom stereocenters. The van der Waals surface area contributed by atoms with E-state index in [9.17, 15) is 15.3 Å². The number of aliphatic hydroxyl groups excluding tert-OH is 3. The first kappa shape index (κ1) is 22.2. The first-order valence-electron chi connectivity index (χ1n) is 9.85. The predicted molar refractivity (Wildman–Crippen MR) is 97.6 cm³/mol. The standard InChI is InChI=1S/C17H34N4O7/c1-6-11(22)13(24)17(25-6)28-15-12(23)9(20)4-10(21)14(15)27-16-8(19)3-2-7(5-18)26-16/h6-17,22-24H,2-5,18-21H2,1H3/t6-,7+,8-,9-,10+,11+,12-,13+,14-,15-,16-,17+/m1/s1. The van der Waals surface area contributed by atoms with Gasteiger partial charge in [0.1, 0.15) is 24.4 Å². The molecule has 0 unspecified atom stereocenters. The molecule has 3 fully saturated rings. The van der Waals surface area contributed by atoms with E-state index in [0.29, 0.717) is 19.4 Å². The van der Waals surface area contributed by atoms with Crippen molar-refractivity contribution in [2.45, 2.75) is 99.6 Å². The van der Waals surface area contributed by atoms with Crippen LogP contribution >= 0.6 is 0 Å². The zero-order valence-corrected chi connectivity index (χ0v) is 16.0. The Morgan fingerprint density at radius 1 is 0.821 bits per heavy atom. The van der Waals surface area contributed by atoms with Gasteiger partial charge in [-0.1, -0.05) is 0 Å². The van der Waals surface area contributed by atoms with Crippen LogP contribution in [-0.4, -0.2) is 95.3 Å². The van der Waals surface area contributed by atoms with Gasteiger partial charge in [0.25, 0.3) is 0 Å². The first-order chi connectivity index (χ1) is 13.2. The molecule has 1 saturated carbocycles. The highest BCUT2D eigenvalue weighted by Gasteiger charge is 2.50. The second-order valence-electron chi connectivity index (χ2n) is 8.05. The fourth-order valence-electron chi connectivity index (χ4n) is 4.02. The van der Waals surface area contributed by atoms with Crippen LogP contribution in [0.2, 0.25) is 0 Å². The van der Waals surface area contributed by atoms with Crippen molar-refractivity contribution in [3.63, 3.8) is 0 Å². The molecule has 0 spiro atoms. The molecule has 0 aromatic carbocycles. The lowest BCUT2D eigenvalue weighted by Crippen LogP contribution is -2.65. The minimum Gasteiger partial charge on any atom is -0.389 e. The van der Waals surface area contributed by atoms with Gasteiger partial charge in [0.15, 0.2) is 12.6 Å². The van der Waals surface area contributed by atoms with Crippen molar-refractivity contribution in [1.82, 2.24) is 0 Å². The maximum Gasteiger partial charge on any atom is 0.187 e. The molecule has 0 aromatic heterocycles. The molecule has 2 saturated heterocycles. The lowest BCUT2D eigenvalue weighted by atomic mass is 9.84. The second kappa shape index (κ2) is 9.14. The molecule has 0 aromatic rings. The summed E-state index contributed by atoms with van der Waals surface area (Å²) in [6, 6.07) is -1.57. The third-order valence-electron chi connectivity index (χ3n) is 5.87. The van der Waals surface area contributed by atoms with Crippen LogP contribution in [0.1, 0.15) is 26.2 Å². The maximum absolute atomic E-state index is 10.6. The third-order valence-corrected chi connectivity index (χ3v) is 5.87. The molecule has 0 amide bonds. The molecule has 0 bridgehead atoms. The normalized spacial score (nSPS) is 52.7. The minimum atomic E-state index is -1.27. The SMILES string of the molecule is C[C@H]1O[C@@H](O[C@@H]2[C@H](O)[C@H](N)C[C@H](N)[C@H]2O[C@H]2O[C@H](CN)CC[C@H]2N)[C@@H](O)[C@H]1O. The van der Waals surface area contributed by atoms with E-state index in [-0.39, 0.29) is 12.1 Å². The van der Waals surface area contributed by atoms with E-state index in [1.54, 1.807) is 6.92 Å². The summed E-state index contributed by atoms with van der Waals surface area (Å²) < 4.78 is 23.1. The molecule has 0 radical (unpaired) electrons. The molecule has 1 aliphatic carbocycles. The zero-order valence-electron chi connectivity index (χ0n) is 16.0. The maximum atomic E-state index is 10.6. The van der Waals surface area contributed by atoms with Crippen molar-refractivity contribution in [3.05, 3.63) is 0 Å². The van der Waals surface area contributed by atoms with Gasteiger partial charge in [0.05, 0.1) is 24.4 Å². The Hall–Kier alpha value is -0.440. The van der Waals surface area contributed by atoms with Gasteiger partial charge in [-0.3, -0.25) is 0 Å². The average molecular weight is 406 g/mol. The Morgan fingerprint density at radius 2 is 1.50 bits per heavy atom. The van der Waals surface area contributed by atoms with Gasteiger partial charge >= 0.3 is 0 Å². The molecule has 164 valence electrons. The highest BCUT2D eigenvalue weighted by molar-refractivity contribution is 5.00. The lowest BCUT2D eigenvalue weighted by Gasteiger charge is -2.45. The molecule has 2 aliphatic heterocycles. The number of ether oxygens (including phenoxy) is 4. The molecular weight excluding hydrogens is 372 g/mol. The van der Waals surface area contributed by atoms with Crippen molar-refractivity contribution < 1.29 is 34.3 Å². The molecule has 3 aliphatic rings. The van der Waals surface area contributed by atoms with Crippen molar-refractivity contribution in [2.75, 3.05) is 6.54 Å². The van der Waals surface area contributed by atoms with Gasteiger partial charge in [-0.05, 0) is 26.2 Å². The van der Waals surface area contributed by atoms with E-state index >= 15 is 0 Å². The Bertz CT molecular complexity index is 518. The van der Waals surface area contributed by atoms with Gasteiger partial charge in [0, 0.05) is 18.6 Å². The Kier molecular flexibility index (Phi) is 7.27. The summed E-state index contributed by atoms with van der Waals surface area (Å²) in [4.78, 5) is 0. The van der Waals surface area contributed by atoms with Crippen LogP contribution in [0.4, 0.5) is 0 Å². The van der Waals surface area contributed by atoms with Crippen LogP contribution in [0.15, 0.2) is 0 Å². The number of aliphatic hydroxyl groups is 3. The Morgan fingerprint density at radius 3 is 2.11 bits per heavy atom. The summed E-state index contributed by atoms with van der Waals surface area (Å²) in [6.45, 7) is 1.95. The fourth-order valence-corrected chi connectivity index (χ4v) is 4.02. The molecule has 28 heavy (non-hydrogen) atoms. The van der Waals surface area contributed by atoms with Crippen molar-refractivity contribution in [3.8, 4) is 0 Å². The first-order valence-corrected chi connectivity index (χ1v) is 9.85. The average Bonchev–Trinajstić information content (AvgIpc) is 2.90.